The smallest absolute Gasteiger partial charge is 0.408 e. The number of carbonyl (C=O) groups excluding carboxylic acids is 2. The van der Waals surface area contributed by atoms with E-state index >= 15 is 0 Å². The highest BCUT2D eigenvalue weighted by atomic mass is 16.6. The second-order valence-corrected chi connectivity index (χ2v) is 6.23. The van der Waals surface area contributed by atoms with E-state index in [9.17, 15) is 9.59 Å². The summed E-state index contributed by atoms with van der Waals surface area (Å²) in [7, 11) is 0. The molecule has 3 N–H and O–H groups in total. The van der Waals surface area contributed by atoms with E-state index in [-0.39, 0.29) is 5.78 Å². The highest BCUT2D eigenvalue weighted by molar-refractivity contribution is 5.91. The van der Waals surface area contributed by atoms with Gasteiger partial charge in [0.1, 0.15) is 11.1 Å². The molecule has 0 spiro atoms. The summed E-state index contributed by atoms with van der Waals surface area (Å²) in [6.07, 6.45) is 4.16. The molecule has 0 aliphatic heterocycles. The summed E-state index contributed by atoms with van der Waals surface area (Å²) in [5, 5.41) is 2.81. The van der Waals surface area contributed by atoms with E-state index in [4.69, 9.17) is 10.5 Å². The summed E-state index contributed by atoms with van der Waals surface area (Å²) < 4.78 is 5.26. The van der Waals surface area contributed by atoms with Crippen LogP contribution in [0.3, 0.4) is 0 Å². The zero-order valence-corrected chi connectivity index (χ0v) is 12.3. The van der Waals surface area contributed by atoms with E-state index in [1.807, 2.05) is 20.8 Å². The number of Topliss-reactive ketones (excluding diaryl/α,β-unsaturated/α-hetero) is 1. The Bertz CT molecular complexity index is 328. The molecule has 1 fully saturated rings. The summed E-state index contributed by atoms with van der Waals surface area (Å²) in [6.45, 7) is 5.74. The van der Waals surface area contributed by atoms with Gasteiger partial charge in [-0.05, 0) is 40.2 Å². The predicted molar refractivity (Wildman–Crippen MR) is 73.9 cm³/mol. The van der Waals surface area contributed by atoms with Crippen molar-refractivity contribution in [2.45, 2.75) is 70.4 Å². The molecule has 19 heavy (non-hydrogen) atoms. The van der Waals surface area contributed by atoms with Crippen LogP contribution in [0.5, 0.6) is 0 Å². The maximum Gasteiger partial charge on any atom is 0.408 e. The molecule has 0 saturated heterocycles. The maximum absolute atomic E-state index is 12.3. The number of amides is 1. The molecule has 1 rings (SSSR count). The van der Waals surface area contributed by atoms with Crippen LogP contribution in [-0.2, 0) is 9.53 Å². The molecule has 0 atom stereocenters. The van der Waals surface area contributed by atoms with E-state index in [1.165, 1.54) is 0 Å². The summed E-state index contributed by atoms with van der Waals surface area (Å²) in [4.78, 5) is 24.2. The molecule has 0 unspecified atom stereocenters. The van der Waals surface area contributed by atoms with Gasteiger partial charge >= 0.3 is 6.09 Å². The third kappa shape index (κ3) is 4.82. The predicted octanol–water partition coefficient (Wildman–Crippen LogP) is 2.13. The molecule has 0 aromatic rings. The van der Waals surface area contributed by atoms with Crippen LogP contribution in [0, 0.1) is 0 Å². The van der Waals surface area contributed by atoms with Gasteiger partial charge in [-0.1, -0.05) is 19.3 Å². The molecular formula is C14H26N2O3. The molecular weight excluding hydrogens is 244 g/mol. The molecule has 0 bridgehead atoms. The van der Waals surface area contributed by atoms with Crippen molar-refractivity contribution in [3.8, 4) is 0 Å². The van der Waals surface area contributed by atoms with Crippen molar-refractivity contribution in [2.24, 2.45) is 5.73 Å². The topological polar surface area (TPSA) is 81.4 Å². The van der Waals surface area contributed by atoms with Gasteiger partial charge in [0.2, 0.25) is 0 Å². The molecule has 0 aromatic heterocycles. The van der Waals surface area contributed by atoms with Crippen molar-refractivity contribution in [1.29, 1.82) is 0 Å². The highest BCUT2D eigenvalue weighted by Gasteiger charge is 2.40. The lowest BCUT2D eigenvalue weighted by Crippen LogP contribution is -2.56. The zero-order valence-electron chi connectivity index (χ0n) is 12.3. The van der Waals surface area contributed by atoms with Crippen LogP contribution in [0.25, 0.3) is 0 Å². The Kier molecular flexibility index (Phi) is 5.35. The van der Waals surface area contributed by atoms with Crippen LogP contribution in [-0.4, -0.2) is 29.6 Å². The standard InChI is InChI=1S/C14H26N2O3/c1-13(2,3)19-12(18)16-14(11(17)7-10-15)8-5-4-6-9-14/h4-10,15H2,1-3H3,(H,16,18). The largest absolute Gasteiger partial charge is 0.444 e. The fourth-order valence-electron chi connectivity index (χ4n) is 2.50. The maximum atomic E-state index is 12.3. The molecule has 0 heterocycles. The van der Waals surface area contributed by atoms with E-state index in [0.29, 0.717) is 25.8 Å². The Labute approximate surface area is 115 Å². The van der Waals surface area contributed by atoms with Gasteiger partial charge in [-0.3, -0.25) is 4.79 Å². The summed E-state index contributed by atoms with van der Waals surface area (Å²) in [5.41, 5.74) is 4.14. The number of hydrogen-bond donors (Lipinski definition) is 2. The number of ketones is 1. The van der Waals surface area contributed by atoms with Gasteiger partial charge in [0, 0.05) is 6.42 Å². The first-order valence-electron chi connectivity index (χ1n) is 7.04. The van der Waals surface area contributed by atoms with Crippen molar-refractivity contribution in [1.82, 2.24) is 5.32 Å². The minimum absolute atomic E-state index is 0.0283. The zero-order chi connectivity index (χ0) is 14.5. The number of alkyl carbamates (subject to hydrolysis) is 1. The molecule has 1 aliphatic rings. The minimum atomic E-state index is -0.764. The van der Waals surface area contributed by atoms with E-state index in [1.54, 1.807) is 0 Å². The fraction of sp³-hybridized carbons (Fsp3) is 0.857. The molecule has 110 valence electrons. The number of carbonyl (C=O) groups is 2. The van der Waals surface area contributed by atoms with Gasteiger partial charge in [0.25, 0.3) is 0 Å². The molecule has 1 aliphatic carbocycles. The lowest BCUT2D eigenvalue weighted by molar-refractivity contribution is -0.126. The van der Waals surface area contributed by atoms with E-state index < -0.39 is 17.2 Å². The van der Waals surface area contributed by atoms with Gasteiger partial charge in [0.15, 0.2) is 5.78 Å². The molecule has 5 nitrogen and oxygen atoms in total. The minimum Gasteiger partial charge on any atom is -0.444 e. The van der Waals surface area contributed by atoms with Crippen LogP contribution in [0.15, 0.2) is 0 Å². The second-order valence-electron chi connectivity index (χ2n) is 6.23. The van der Waals surface area contributed by atoms with Crippen molar-refractivity contribution in [3.05, 3.63) is 0 Å². The number of nitrogens with two attached hydrogens (primary N) is 1. The van der Waals surface area contributed by atoms with Gasteiger partial charge < -0.3 is 15.8 Å². The third-order valence-corrected chi connectivity index (χ3v) is 3.35. The van der Waals surface area contributed by atoms with E-state index in [0.717, 1.165) is 19.3 Å². The molecule has 0 radical (unpaired) electrons. The lowest BCUT2D eigenvalue weighted by Gasteiger charge is -2.37. The Morgan fingerprint density at radius 1 is 1.21 bits per heavy atom. The monoisotopic (exact) mass is 270 g/mol. The molecule has 1 amide bonds. The van der Waals surface area contributed by atoms with Gasteiger partial charge in [0.05, 0.1) is 0 Å². The first-order chi connectivity index (χ1) is 8.79. The number of rotatable bonds is 4. The number of nitrogens with one attached hydrogen (secondary N) is 1. The second kappa shape index (κ2) is 6.37. The molecule has 1 saturated carbocycles. The summed E-state index contributed by atoms with van der Waals surface area (Å²) in [5.74, 6) is 0.0283. The number of ether oxygens (including phenoxy) is 1. The summed E-state index contributed by atoms with van der Waals surface area (Å²) in [6, 6.07) is 0. The third-order valence-electron chi connectivity index (χ3n) is 3.35. The van der Waals surface area contributed by atoms with Crippen LogP contribution in [0.4, 0.5) is 4.79 Å². The average Bonchev–Trinajstić information content (AvgIpc) is 2.27. The molecule has 5 heteroatoms. The Morgan fingerprint density at radius 3 is 2.26 bits per heavy atom. The van der Waals surface area contributed by atoms with Crippen molar-refractivity contribution in [3.63, 3.8) is 0 Å². The summed E-state index contributed by atoms with van der Waals surface area (Å²) >= 11 is 0. The Balaban J connectivity index is 2.74. The average molecular weight is 270 g/mol. The van der Waals surface area contributed by atoms with Crippen LogP contribution < -0.4 is 11.1 Å². The van der Waals surface area contributed by atoms with Crippen LogP contribution >= 0.6 is 0 Å². The first-order valence-corrected chi connectivity index (χ1v) is 7.04. The van der Waals surface area contributed by atoms with Gasteiger partial charge in [-0.25, -0.2) is 4.79 Å². The highest BCUT2D eigenvalue weighted by Crippen LogP contribution is 2.30. The number of hydrogen-bond acceptors (Lipinski definition) is 4. The van der Waals surface area contributed by atoms with Gasteiger partial charge in [-0.2, -0.15) is 0 Å². The SMILES string of the molecule is CC(C)(C)OC(=O)NC1(C(=O)CCN)CCCCC1. The van der Waals surface area contributed by atoms with Crippen LogP contribution in [0.1, 0.15) is 59.3 Å². The van der Waals surface area contributed by atoms with Gasteiger partial charge in [-0.15, -0.1) is 0 Å². The lowest BCUT2D eigenvalue weighted by atomic mass is 9.77. The van der Waals surface area contributed by atoms with Crippen molar-refractivity contribution >= 4 is 11.9 Å². The fourth-order valence-corrected chi connectivity index (χ4v) is 2.50. The van der Waals surface area contributed by atoms with Crippen molar-refractivity contribution < 1.29 is 14.3 Å². The Morgan fingerprint density at radius 2 is 1.79 bits per heavy atom. The quantitative estimate of drug-likeness (QED) is 0.820. The van der Waals surface area contributed by atoms with E-state index in [2.05, 4.69) is 5.32 Å². The molecule has 0 aromatic carbocycles. The Hall–Kier alpha value is -1.10. The normalized spacial score (nSPS) is 18.7. The van der Waals surface area contributed by atoms with Crippen LogP contribution in [0.2, 0.25) is 0 Å². The first kappa shape index (κ1) is 16.0. The van der Waals surface area contributed by atoms with Crippen molar-refractivity contribution in [2.75, 3.05) is 6.54 Å².